The molecule has 0 amide bonds. The molecule has 0 radical (unpaired) electrons. The Kier molecular flexibility index (Phi) is 5.87. The van der Waals surface area contributed by atoms with Gasteiger partial charge in [0.05, 0.1) is 44.5 Å². The number of aromatic nitrogens is 3. The molecule has 0 aliphatic carbocycles. The van der Waals surface area contributed by atoms with Gasteiger partial charge in [0.2, 0.25) is 0 Å². The van der Waals surface area contributed by atoms with Crippen molar-refractivity contribution in [1.82, 2.24) is 13.7 Å². The number of fused-ring (bicyclic) bond motifs is 9. The maximum Gasteiger partial charge on any atom is 0.0715 e. The van der Waals surface area contributed by atoms with Gasteiger partial charge in [0.1, 0.15) is 0 Å². The van der Waals surface area contributed by atoms with Gasteiger partial charge in [-0.3, -0.25) is 0 Å². The summed E-state index contributed by atoms with van der Waals surface area (Å²) in [5, 5.41) is 7.45. The maximum atomic E-state index is 3.87. The Morgan fingerprint density at radius 1 is 0.298 bits per heavy atom. The Morgan fingerprint density at radius 2 is 0.617 bits per heavy atom. The fourth-order valence-corrected chi connectivity index (χ4v) is 8.29. The second-order valence-corrected chi connectivity index (χ2v) is 13.8. The van der Waals surface area contributed by atoms with Gasteiger partial charge < -0.3 is 13.7 Å². The number of halogens is 2. The molecule has 0 saturated heterocycles. The van der Waals surface area contributed by atoms with E-state index in [0.717, 1.165) is 37.0 Å². The number of benzene rings is 7. The highest BCUT2D eigenvalue weighted by Crippen LogP contribution is 2.42. The molecule has 5 heteroatoms. The van der Waals surface area contributed by atoms with Crippen LogP contribution in [-0.2, 0) is 0 Å². The predicted octanol–water partition coefficient (Wildman–Crippen LogP) is 12.5. The summed E-state index contributed by atoms with van der Waals surface area (Å²) in [7, 11) is 0. The normalized spacial score (nSPS) is 12.0. The second-order valence-electron chi connectivity index (χ2n) is 12.0. The predicted molar refractivity (Wildman–Crippen MR) is 205 cm³/mol. The minimum absolute atomic E-state index is 1.00. The molecule has 10 rings (SSSR count). The van der Waals surface area contributed by atoms with Crippen molar-refractivity contribution < 1.29 is 0 Å². The molecule has 0 unspecified atom stereocenters. The summed E-state index contributed by atoms with van der Waals surface area (Å²) in [6, 6.07) is 55.0. The number of para-hydroxylation sites is 5. The van der Waals surface area contributed by atoms with Gasteiger partial charge in [-0.15, -0.1) is 0 Å². The molecular formula is C42H25Br2N3. The lowest BCUT2D eigenvalue weighted by molar-refractivity contribution is 1.09. The van der Waals surface area contributed by atoms with E-state index in [1.165, 1.54) is 54.4 Å². The molecular weight excluding hydrogens is 706 g/mol. The Balaban J connectivity index is 1.30. The SMILES string of the molecule is Brc1cc(-n2c3ccccc3c3ccccc32)c(-n2c3ccccc3c3cc(-n4c5ccccc5c5ccccc54)ccc32)cc1Br. The Morgan fingerprint density at radius 3 is 1.02 bits per heavy atom. The van der Waals surface area contributed by atoms with Gasteiger partial charge in [-0.1, -0.05) is 91.0 Å². The molecule has 0 aliphatic rings. The molecule has 0 atom stereocenters. The average Bonchev–Trinajstić information content (AvgIpc) is 3.75. The molecule has 0 bridgehead atoms. The lowest BCUT2D eigenvalue weighted by Crippen LogP contribution is -2.04. The van der Waals surface area contributed by atoms with E-state index in [1.807, 2.05) is 0 Å². The molecule has 47 heavy (non-hydrogen) atoms. The standard InChI is InChI=1S/C42H25Br2N3/c43-33-24-41(46-37-18-8-3-13-29(37)30-14-4-9-19-38(30)46)42(25-34(33)44)47-39-20-10-5-15-31(39)32-23-26(21-22-40(32)47)45-35-16-6-1-11-27(35)28-12-2-7-17-36(28)45/h1-25H. The largest absolute Gasteiger partial charge is 0.309 e. The van der Waals surface area contributed by atoms with Crippen molar-refractivity contribution in [2.75, 3.05) is 0 Å². The van der Waals surface area contributed by atoms with Crippen molar-refractivity contribution in [1.29, 1.82) is 0 Å². The van der Waals surface area contributed by atoms with Crippen LogP contribution in [0.4, 0.5) is 0 Å². The third-order valence-corrected chi connectivity index (χ3v) is 11.4. The van der Waals surface area contributed by atoms with Gasteiger partial charge in [0.15, 0.2) is 0 Å². The summed E-state index contributed by atoms with van der Waals surface area (Å²) in [5.74, 6) is 0. The van der Waals surface area contributed by atoms with E-state index >= 15 is 0 Å². The Labute approximate surface area is 287 Å². The van der Waals surface area contributed by atoms with Gasteiger partial charge in [0.25, 0.3) is 0 Å². The van der Waals surface area contributed by atoms with E-state index in [2.05, 4.69) is 197 Å². The Hall–Kier alpha value is -5.10. The molecule has 0 fully saturated rings. The highest BCUT2D eigenvalue weighted by molar-refractivity contribution is 9.13. The van der Waals surface area contributed by atoms with Crippen LogP contribution in [0.2, 0.25) is 0 Å². The summed E-state index contributed by atoms with van der Waals surface area (Å²) in [4.78, 5) is 0. The molecule has 222 valence electrons. The first-order chi connectivity index (χ1) is 23.2. The molecule has 3 heterocycles. The zero-order chi connectivity index (χ0) is 31.2. The molecule has 0 saturated carbocycles. The zero-order valence-electron chi connectivity index (χ0n) is 25.0. The summed E-state index contributed by atoms with van der Waals surface area (Å²) in [6.45, 7) is 0. The maximum absolute atomic E-state index is 3.87. The van der Waals surface area contributed by atoms with Crippen LogP contribution in [0.5, 0.6) is 0 Å². The molecule has 7 aromatic carbocycles. The summed E-state index contributed by atoms with van der Waals surface area (Å²) in [5.41, 5.74) is 10.5. The van der Waals surface area contributed by atoms with Crippen molar-refractivity contribution in [3.63, 3.8) is 0 Å². The van der Waals surface area contributed by atoms with Crippen LogP contribution in [-0.4, -0.2) is 13.7 Å². The van der Waals surface area contributed by atoms with Crippen molar-refractivity contribution in [3.05, 3.63) is 161 Å². The monoisotopic (exact) mass is 729 g/mol. The fraction of sp³-hybridized carbons (Fsp3) is 0. The number of rotatable bonds is 3. The smallest absolute Gasteiger partial charge is 0.0715 e. The van der Waals surface area contributed by atoms with Crippen molar-refractivity contribution in [3.8, 4) is 17.1 Å². The topological polar surface area (TPSA) is 14.8 Å². The van der Waals surface area contributed by atoms with Crippen LogP contribution in [0, 0.1) is 0 Å². The molecule has 0 aliphatic heterocycles. The van der Waals surface area contributed by atoms with Gasteiger partial charge in [-0.2, -0.15) is 0 Å². The summed E-state index contributed by atoms with van der Waals surface area (Å²) in [6.07, 6.45) is 0. The van der Waals surface area contributed by atoms with Crippen LogP contribution in [0.25, 0.3) is 82.5 Å². The van der Waals surface area contributed by atoms with Crippen LogP contribution in [0.1, 0.15) is 0 Å². The quantitative estimate of drug-likeness (QED) is 0.172. The van der Waals surface area contributed by atoms with E-state index in [9.17, 15) is 0 Å². The van der Waals surface area contributed by atoms with Gasteiger partial charge in [-0.25, -0.2) is 0 Å². The van der Waals surface area contributed by atoms with E-state index < -0.39 is 0 Å². The van der Waals surface area contributed by atoms with E-state index in [-0.39, 0.29) is 0 Å². The molecule has 3 aromatic heterocycles. The minimum Gasteiger partial charge on any atom is -0.309 e. The number of hydrogen-bond donors (Lipinski definition) is 0. The fourth-order valence-electron chi connectivity index (χ4n) is 7.63. The van der Waals surface area contributed by atoms with Crippen LogP contribution in [0.3, 0.4) is 0 Å². The first-order valence-corrected chi connectivity index (χ1v) is 17.3. The average molecular weight is 731 g/mol. The first-order valence-electron chi connectivity index (χ1n) is 15.7. The van der Waals surface area contributed by atoms with Crippen molar-refractivity contribution in [2.45, 2.75) is 0 Å². The zero-order valence-corrected chi connectivity index (χ0v) is 28.2. The first kappa shape index (κ1) is 27.1. The Bertz CT molecular complexity index is 2780. The van der Waals surface area contributed by atoms with Crippen LogP contribution < -0.4 is 0 Å². The minimum atomic E-state index is 1.00. The molecule has 10 aromatic rings. The summed E-state index contributed by atoms with van der Waals surface area (Å²) >= 11 is 7.72. The van der Waals surface area contributed by atoms with E-state index in [4.69, 9.17) is 0 Å². The third-order valence-electron chi connectivity index (χ3n) is 9.57. The van der Waals surface area contributed by atoms with Gasteiger partial charge in [0, 0.05) is 47.0 Å². The van der Waals surface area contributed by atoms with E-state index in [0.29, 0.717) is 0 Å². The van der Waals surface area contributed by atoms with Crippen LogP contribution in [0.15, 0.2) is 161 Å². The van der Waals surface area contributed by atoms with Gasteiger partial charge in [-0.05, 0) is 92.5 Å². The number of nitrogens with zero attached hydrogens (tertiary/aromatic N) is 3. The second kappa shape index (κ2) is 10.2. The highest BCUT2D eigenvalue weighted by atomic mass is 79.9. The molecule has 0 N–H and O–H groups in total. The highest BCUT2D eigenvalue weighted by Gasteiger charge is 2.21. The lowest BCUT2D eigenvalue weighted by Gasteiger charge is -2.18. The van der Waals surface area contributed by atoms with E-state index in [1.54, 1.807) is 0 Å². The van der Waals surface area contributed by atoms with Crippen molar-refractivity contribution in [2.24, 2.45) is 0 Å². The third kappa shape index (κ3) is 3.84. The number of hydrogen-bond acceptors (Lipinski definition) is 0. The van der Waals surface area contributed by atoms with Gasteiger partial charge >= 0.3 is 0 Å². The summed E-state index contributed by atoms with van der Waals surface area (Å²) < 4.78 is 9.24. The van der Waals surface area contributed by atoms with Crippen LogP contribution >= 0.6 is 31.9 Å². The van der Waals surface area contributed by atoms with Crippen molar-refractivity contribution >= 4 is 97.3 Å². The lowest BCUT2D eigenvalue weighted by atomic mass is 10.1. The molecule has 0 spiro atoms. The molecule has 3 nitrogen and oxygen atoms in total.